The number of nitrogens with one attached hydrogen (secondary N) is 1. The molecule has 0 saturated heterocycles. The number of methoxy groups -OCH3 is 1. The lowest BCUT2D eigenvalue weighted by molar-refractivity contribution is -0.173. The monoisotopic (exact) mass is 527 g/mol. The summed E-state index contributed by atoms with van der Waals surface area (Å²) in [6, 6.07) is 4.93. The average Bonchev–Trinajstić information content (AvgIpc) is 2.67. The van der Waals surface area contributed by atoms with Crippen molar-refractivity contribution in [2.24, 2.45) is 0 Å². The lowest BCUT2D eigenvalue weighted by Gasteiger charge is -2.34. The van der Waals surface area contributed by atoms with E-state index < -0.39 is 23.8 Å². The van der Waals surface area contributed by atoms with Gasteiger partial charge in [0.15, 0.2) is 0 Å². The molecule has 162 valence electrons. The maximum Gasteiger partial charge on any atom is 0.471 e. The molecule has 9 heteroatoms. The maximum absolute atomic E-state index is 12.2. The zero-order valence-electron chi connectivity index (χ0n) is 16.0. The Morgan fingerprint density at radius 1 is 1.45 bits per heavy atom. The lowest BCUT2D eigenvalue weighted by Crippen LogP contribution is -2.39. The van der Waals surface area contributed by atoms with Gasteiger partial charge in [-0.2, -0.15) is 13.2 Å². The molecule has 2 rings (SSSR count). The minimum absolute atomic E-state index is 0.0724. The molecule has 29 heavy (non-hydrogen) atoms. The predicted octanol–water partition coefficient (Wildman–Crippen LogP) is 3.92. The molecule has 3 unspecified atom stereocenters. The number of hydrogen-bond acceptors (Lipinski definition) is 4. The fourth-order valence-corrected chi connectivity index (χ4v) is 4.20. The summed E-state index contributed by atoms with van der Waals surface area (Å²) >= 11 is 2.25. The molecule has 0 bridgehead atoms. The standard InChI is InChI=1S/C20H25F3INO4/c1-29-16-6-5-13(15(26)8-11-25-18(27)20(21,22)23)12-14(16)7-10-19(28)9-3-2-4-17(19)24/h5-7,10,12,15,17,26,28H,2-4,8-9,11H2,1H3,(H,25,27). The number of hydrogen-bond donors (Lipinski definition) is 3. The van der Waals surface area contributed by atoms with Gasteiger partial charge in [-0.3, -0.25) is 4.79 Å². The second-order valence-corrected chi connectivity index (χ2v) is 8.60. The van der Waals surface area contributed by atoms with E-state index in [1.165, 1.54) is 7.11 Å². The maximum atomic E-state index is 12.2. The molecule has 1 fully saturated rings. The summed E-state index contributed by atoms with van der Waals surface area (Å²) in [5.41, 5.74) is 0.208. The van der Waals surface area contributed by atoms with Crippen molar-refractivity contribution >= 4 is 34.6 Å². The molecule has 1 aromatic rings. The van der Waals surface area contributed by atoms with Crippen LogP contribution in [0.3, 0.4) is 0 Å². The molecule has 1 saturated carbocycles. The molecule has 1 aliphatic rings. The van der Waals surface area contributed by atoms with Crippen LogP contribution in [0.4, 0.5) is 13.2 Å². The van der Waals surface area contributed by atoms with Gasteiger partial charge in [-0.05, 0) is 37.0 Å². The minimum Gasteiger partial charge on any atom is -0.496 e. The van der Waals surface area contributed by atoms with E-state index in [2.05, 4.69) is 22.6 Å². The highest BCUT2D eigenvalue weighted by molar-refractivity contribution is 14.1. The van der Waals surface area contributed by atoms with Crippen LogP contribution in [0.15, 0.2) is 24.3 Å². The molecular formula is C20H25F3INO4. The second kappa shape index (κ2) is 10.1. The lowest BCUT2D eigenvalue weighted by atomic mass is 9.84. The van der Waals surface area contributed by atoms with Gasteiger partial charge >= 0.3 is 12.1 Å². The third kappa shape index (κ3) is 6.58. The first-order valence-corrected chi connectivity index (χ1v) is 10.6. The van der Waals surface area contributed by atoms with Gasteiger partial charge in [0.2, 0.25) is 0 Å². The van der Waals surface area contributed by atoms with E-state index in [1.54, 1.807) is 35.7 Å². The molecule has 0 radical (unpaired) electrons. The molecule has 3 atom stereocenters. The number of amides is 1. The number of halogens is 4. The van der Waals surface area contributed by atoms with E-state index in [-0.39, 0.29) is 16.9 Å². The molecule has 0 spiro atoms. The average molecular weight is 527 g/mol. The van der Waals surface area contributed by atoms with Gasteiger partial charge in [-0.1, -0.05) is 53.7 Å². The van der Waals surface area contributed by atoms with Gasteiger partial charge < -0.3 is 20.3 Å². The summed E-state index contributed by atoms with van der Waals surface area (Å²) in [4.78, 5) is 10.8. The fourth-order valence-electron chi connectivity index (χ4n) is 3.24. The van der Waals surface area contributed by atoms with Crippen LogP contribution in [0.2, 0.25) is 0 Å². The van der Waals surface area contributed by atoms with Crippen molar-refractivity contribution in [1.29, 1.82) is 0 Å². The summed E-state index contributed by atoms with van der Waals surface area (Å²) < 4.78 is 42.1. The van der Waals surface area contributed by atoms with Crippen molar-refractivity contribution in [2.45, 2.75) is 53.9 Å². The van der Waals surface area contributed by atoms with Gasteiger partial charge in [0, 0.05) is 16.0 Å². The molecule has 1 amide bonds. The molecule has 0 aromatic heterocycles. The van der Waals surface area contributed by atoms with Crippen molar-refractivity contribution in [3.05, 3.63) is 35.4 Å². The van der Waals surface area contributed by atoms with Crippen LogP contribution in [0.1, 0.15) is 49.3 Å². The number of carbonyl (C=O) groups is 1. The fraction of sp³-hybridized carbons (Fsp3) is 0.550. The zero-order chi connectivity index (χ0) is 21.7. The third-order valence-electron chi connectivity index (χ3n) is 4.98. The van der Waals surface area contributed by atoms with E-state index in [1.807, 2.05) is 0 Å². The first-order chi connectivity index (χ1) is 13.6. The van der Waals surface area contributed by atoms with Gasteiger partial charge in [-0.15, -0.1) is 0 Å². The normalized spacial score (nSPS) is 23.8. The Balaban J connectivity index is 2.09. The van der Waals surface area contributed by atoms with E-state index in [0.29, 0.717) is 23.3 Å². The Morgan fingerprint density at radius 2 is 2.17 bits per heavy atom. The zero-order valence-corrected chi connectivity index (χ0v) is 18.2. The van der Waals surface area contributed by atoms with Crippen LogP contribution in [-0.4, -0.2) is 45.5 Å². The predicted molar refractivity (Wildman–Crippen MR) is 112 cm³/mol. The SMILES string of the molecule is COc1ccc(C(O)CCNC(=O)C(F)(F)F)cc1C=CC1(O)CCCCC1I. The highest BCUT2D eigenvalue weighted by Crippen LogP contribution is 2.36. The highest BCUT2D eigenvalue weighted by atomic mass is 127. The molecule has 1 aromatic carbocycles. The largest absolute Gasteiger partial charge is 0.496 e. The van der Waals surface area contributed by atoms with Crippen LogP contribution in [0.25, 0.3) is 6.08 Å². The molecule has 3 N–H and O–H groups in total. The quantitative estimate of drug-likeness (QED) is 0.371. The summed E-state index contributed by atoms with van der Waals surface area (Å²) in [5.74, 6) is -1.48. The second-order valence-electron chi connectivity index (χ2n) is 7.10. The Morgan fingerprint density at radius 3 is 2.79 bits per heavy atom. The van der Waals surface area contributed by atoms with Crippen molar-refractivity contribution in [3.63, 3.8) is 0 Å². The Hall–Kier alpha value is -1.33. The van der Waals surface area contributed by atoms with Gasteiger partial charge in [0.1, 0.15) is 5.75 Å². The number of ether oxygens (including phenoxy) is 1. The highest BCUT2D eigenvalue weighted by Gasteiger charge is 2.38. The van der Waals surface area contributed by atoms with Crippen LogP contribution in [0, 0.1) is 0 Å². The Labute approximate surface area is 181 Å². The smallest absolute Gasteiger partial charge is 0.471 e. The van der Waals surface area contributed by atoms with E-state index in [0.717, 1.165) is 19.3 Å². The first-order valence-electron chi connectivity index (χ1n) is 9.33. The molecule has 0 aliphatic heterocycles. The molecular weight excluding hydrogens is 502 g/mol. The van der Waals surface area contributed by atoms with Crippen molar-refractivity contribution in [3.8, 4) is 5.75 Å². The number of aliphatic hydroxyl groups excluding tert-OH is 1. The number of benzene rings is 1. The van der Waals surface area contributed by atoms with Crippen LogP contribution in [-0.2, 0) is 4.79 Å². The van der Waals surface area contributed by atoms with Crippen molar-refractivity contribution < 1.29 is 32.9 Å². The number of aliphatic hydroxyl groups is 2. The number of alkyl halides is 4. The van der Waals surface area contributed by atoms with Crippen molar-refractivity contribution in [2.75, 3.05) is 13.7 Å². The summed E-state index contributed by atoms with van der Waals surface area (Å²) in [6.45, 7) is -0.313. The minimum atomic E-state index is -4.95. The van der Waals surface area contributed by atoms with Crippen LogP contribution >= 0.6 is 22.6 Å². The van der Waals surface area contributed by atoms with Crippen LogP contribution < -0.4 is 10.1 Å². The van der Waals surface area contributed by atoms with Crippen molar-refractivity contribution in [1.82, 2.24) is 5.32 Å². The molecule has 5 nitrogen and oxygen atoms in total. The summed E-state index contributed by atoms with van der Waals surface area (Å²) in [7, 11) is 1.51. The van der Waals surface area contributed by atoms with Gasteiger partial charge in [0.25, 0.3) is 0 Å². The summed E-state index contributed by atoms with van der Waals surface area (Å²) in [6.07, 6.45) is 1.05. The topological polar surface area (TPSA) is 78.8 Å². The first kappa shape index (κ1) is 23.9. The van der Waals surface area contributed by atoms with E-state index in [4.69, 9.17) is 4.74 Å². The Kier molecular flexibility index (Phi) is 8.36. The third-order valence-corrected chi connectivity index (χ3v) is 6.68. The molecule has 1 aliphatic carbocycles. The van der Waals surface area contributed by atoms with E-state index in [9.17, 15) is 28.2 Å². The van der Waals surface area contributed by atoms with E-state index >= 15 is 0 Å². The van der Waals surface area contributed by atoms with Crippen LogP contribution in [0.5, 0.6) is 5.75 Å². The van der Waals surface area contributed by atoms with Gasteiger partial charge in [0.05, 0.1) is 18.8 Å². The molecule has 0 heterocycles. The Bertz CT molecular complexity index is 741. The number of rotatable bonds is 7. The summed E-state index contributed by atoms with van der Waals surface area (Å²) in [5, 5.41) is 22.9. The van der Waals surface area contributed by atoms with Gasteiger partial charge in [-0.25, -0.2) is 0 Å². The number of carbonyl (C=O) groups excluding carboxylic acids is 1.